The van der Waals surface area contributed by atoms with Gasteiger partial charge in [0.2, 0.25) is 0 Å². The van der Waals surface area contributed by atoms with E-state index >= 15 is 4.39 Å². The number of nitrogens with zero attached hydrogens (tertiary/aromatic N) is 1. The second kappa shape index (κ2) is 9.49. The minimum Gasteiger partial charge on any atom is -0.507 e. The number of phenols is 1. The molecule has 3 aromatic carbocycles. The zero-order valence-electron chi connectivity index (χ0n) is 16.7. The number of aryl methyl sites for hydroxylation is 2. The van der Waals surface area contributed by atoms with Crippen molar-refractivity contribution in [2.24, 2.45) is 0 Å². The van der Waals surface area contributed by atoms with Gasteiger partial charge in [-0.3, -0.25) is 0 Å². The Morgan fingerprint density at radius 3 is 2.20 bits per heavy atom. The van der Waals surface area contributed by atoms with Gasteiger partial charge in [0.15, 0.2) is 0 Å². The van der Waals surface area contributed by atoms with Crippen molar-refractivity contribution in [3.63, 3.8) is 0 Å². The van der Waals surface area contributed by atoms with E-state index in [9.17, 15) is 13.9 Å². The van der Waals surface area contributed by atoms with Gasteiger partial charge in [0.1, 0.15) is 29.3 Å². The molecule has 0 unspecified atom stereocenters. The van der Waals surface area contributed by atoms with Crippen LogP contribution in [0.1, 0.15) is 42.0 Å². The summed E-state index contributed by atoms with van der Waals surface area (Å²) in [5, 5.41) is 19.0. The second-order valence-electron chi connectivity index (χ2n) is 7.27. The highest BCUT2D eigenvalue weighted by molar-refractivity contribution is 5.72. The molecule has 0 aromatic heterocycles. The van der Waals surface area contributed by atoms with Gasteiger partial charge < -0.3 is 5.11 Å². The van der Waals surface area contributed by atoms with Crippen LogP contribution in [0, 0.1) is 28.8 Å². The van der Waals surface area contributed by atoms with Crippen LogP contribution in [0.25, 0.3) is 11.1 Å². The fourth-order valence-corrected chi connectivity index (χ4v) is 3.44. The van der Waals surface area contributed by atoms with Crippen molar-refractivity contribution in [1.29, 1.82) is 5.26 Å². The van der Waals surface area contributed by atoms with Crippen molar-refractivity contribution < 1.29 is 18.3 Å². The molecule has 154 valence electrons. The normalized spacial score (nSPS) is 10.8. The average Bonchev–Trinajstić information content (AvgIpc) is 2.73. The van der Waals surface area contributed by atoms with Gasteiger partial charge in [-0.25, -0.2) is 13.2 Å². The third-order valence-electron chi connectivity index (χ3n) is 5.17. The van der Waals surface area contributed by atoms with Crippen molar-refractivity contribution in [2.45, 2.75) is 39.0 Å². The first kappa shape index (κ1) is 21.4. The molecule has 0 radical (unpaired) electrons. The summed E-state index contributed by atoms with van der Waals surface area (Å²) in [7, 11) is 0. The second-order valence-corrected chi connectivity index (χ2v) is 7.27. The van der Waals surface area contributed by atoms with Crippen molar-refractivity contribution in [2.75, 3.05) is 0 Å². The molecular weight excluding hydrogens is 387 g/mol. The molecule has 5 heteroatoms. The fraction of sp³-hybridized carbons (Fsp3) is 0.240. The molecule has 0 aliphatic carbocycles. The Morgan fingerprint density at radius 1 is 0.867 bits per heavy atom. The van der Waals surface area contributed by atoms with Crippen LogP contribution in [0.2, 0.25) is 0 Å². The SMILES string of the molecule is CCCCc1ccc(-c2c(O)cc(F)c(CCc3ccc(C#N)c(F)c3)c2F)cc1. The maximum Gasteiger partial charge on any atom is 0.141 e. The highest BCUT2D eigenvalue weighted by Crippen LogP contribution is 2.36. The minimum absolute atomic E-state index is 0.00906. The van der Waals surface area contributed by atoms with E-state index in [1.54, 1.807) is 24.3 Å². The van der Waals surface area contributed by atoms with E-state index in [2.05, 4.69) is 6.92 Å². The Bertz CT molecular complexity index is 1090. The van der Waals surface area contributed by atoms with Crippen LogP contribution in [0.15, 0.2) is 48.5 Å². The van der Waals surface area contributed by atoms with Gasteiger partial charge >= 0.3 is 0 Å². The quantitative estimate of drug-likeness (QED) is 0.486. The lowest BCUT2D eigenvalue weighted by atomic mass is 9.95. The average molecular weight is 409 g/mol. The van der Waals surface area contributed by atoms with Crippen LogP contribution in [-0.2, 0) is 19.3 Å². The summed E-state index contributed by atoms with van der Waals surface area (Å²) >= 11 is 0. The van der Waals surface area contributed by atoms with Gasteiger partial charge in [0.25, 0.3) is 0 Å². The van der Waals surface area contributed by atoms with Crippen LogP contribution < -0.4 is 0 Å². The fourth-order valence-electron chi connectivity index (χ4n) is 3.44. The molecule has 1 N–H and O–H groups in total. The summed E-state index contributed by atoms with van der Waals surface area (Å²) in [4.78, 5) is 0. The zero-order valence-corrected chi connectivity index (χ0v) is 16.7. The summed E-state index contributed by atoms with van der Waals surface area (Å²) in [6.07, 6.45) is 3.22. The lowest BCUT2D eigenvalue weighted by molar-refractivity contribution is 0.459. The van der Waals surface area contributed by atoms with E-state index < -0.39 is 23.2 Å². The first-order chi connectivity index (χ1) is 14.4. The Morgan fingerprint density at radius 2 is 1.57 bits per heavy atom. The van der Waals surface area contributed by atoms with Gasteiger partial charge in [-0.15, -0.1) is 0 Å². The molecular formula is C25H22F3NO. The van der Waals surface area contributed by atoms with E-state index in [-0.39, 0.29) is 29.5 Å². The minimum atomic E-state index is -0.845. The predicted octanol–water partition coefficient (Wildman–Crippen LogP) is 6.48. The first-order valence-electron chi connectivity index (χ1n) is 9.92. The number of halogens is 3. The summed E-state index contributed by atoms with van der Waals surface area (Å²) in [5.74, 6) is -2.78. The van der Waals surface area contributed by atoms with Gasteiger partial charge in [0, 0.05) is 11.6 Å². The van der Waals surface area contributed by atoms with E-state index in [0.717, 1.165) is 30.9 Å². The molecule has 0 amide bonds. The Labute approximate surface area is 174 Å². The molecule has 0 heterocycles. The number of rotatable bonds is 7. The molecule has 0 aliphatic rings. The summed E-state index contributed by atoms with van der Waals surface area (Å²) < 4.78 is 43.3. The van der Waals surface area contributed by atoms with E-state index in [4.69, 9.17) is 5.26 Å². The number of nitriles is 1. The molecule has 0 bridgehead atoms. The van der Waals surface area contributed by atoms with Crippen LogP contribution in [0.5, 0.6) is 5.75 Å². The summed E-state index contributed by atoms with van der Waals surface area (Å²) in [6, 6.07) is 14.0. The van der Waals surface area contributed by atoms with Crippen LogP contribution in [0.3, 0.4) is 0 Å². The molecule has 0 spiro atoms. The number of phenolic OH excluding ortho intramolecular Hbond substituents is 1. The predicted molar refractivity (Wildman–Crippen MR) is 111 cm³/mol. The molecule has 0 atom stereocenters. The van der Waals surface area contributed by atoms with Gasteiger partial charge in [-0.2, -0.15) is 5.26 Å². The van der Waals surface area contributed by atoms with E-state index in [0.29, 0.717) is 11.1 Å². The van der Waals surface area contributed by atoms with E-state index in [1.807, 2.05) is 12.1 Å². The maximum atomic E-state index is 15.2. The topological polar surface area (TPSA) is 44.0 Å². The number of aromatic hydroxyl groups is 1. The molecule has 3 aromatic rings. The van der Waals surface area contributed by atoms with Crippen molar-refractivity contribution in [3.05, 3.63) is 88.2 Å². The summed E-state index contributed by atoms with van der Waals surface area (Å²) in [5.41, 5.74) is 1.83. The van der Waals surface area contributed by atoms with Crippen LogP contribution >= 0.6 is 0 Å². The van der Waals surface area contributed by atoms with Gasteiger partial charge in [-0.05, 0) is 54.5 Å². The van der Waals surface area contributed by atoms with Crippen molar-refractivity contribution in [3.8, 4) is 22.9 Å². The lowest BCUT2D eigenvalue weighted by Gasteiger charge is -2.13. The number of unbranched alkanes of at least 4 members (excludes halogenated alkanes) is 1. The maximum absolute atomic E-state index is 15.2. The summed E-state index contributed by atoms with van der Waals surface area (Å²) in [6.45, 7) is 2.11. The molecule has 30 heavy (non-hydrogen) atoms. The Balaban J connectivity index is 1.88. The molecule has 0 saturated carbocycles. The number of hydrogen-bond acceptors (Lipinski definition) is 2. The Hall–Kier alpha value is -3.26. The Kier molecular flexibility index (Phi) is 6.79. The van der Waals surface area contributed by atoms with Crippen LogP contribution in [-0.4, -0.2) is 5.11 Å². The van der Waals surface area contributed by atoms with Crippen LogP contribution in [0.4, 0.5) is 13.2 Å². The number of hydrogen-bond donors (Lipinski definition) is 1. The van der Waals surface area contributed by atoms with Gasteiger partial charge in [0.05, 0.1) is 11.1 Å². The highest BCUT2D eigenvalue weighted by atomic mass is 19.1. The molecule has 0 saturated heterocycles. The number of benzene rings is 3. The highest BCUT2D eigenvalue weighted by Gasteiger charge is 2.20. The smallest absolute Gasteiger partial charge is 0.141 e. The lowest BCUT2D eigenvalue weighted by Crippen LogP contribution is -2.02. The standard InChI is InChI=1S/C25H22F3NO/c1-2-3-4-16-5-9-18(10-6-16)24-23(30)14-22(27)20(25(24)28)12-8-17-7-11-19(15-29)21(26)13-17/h5-7,9-11,13-14,30H,2-4,8,12H2,1H3. The van der Waals surface area contributed by atoms with E-state index in [1.165, 1.54) is 12.1 Å². The van der Waals surface area contributed by atoms with Gasteiger partial charge in [-0.1, -0.05) is 43.7 Å². The monoisotopic (exact) mass is 409 g/mol. The van der Waals surface area contributed by atoms with Crippen molar-refractivity contribution in [1.82, 2.24) is 0 Å². The third-order valence-corrected chi connectivity index (χ3v) is 5.17. The largest absolute Gasteiger partial charge is 0.507 e. The molecule has 2 nitrogen and oxygen atoms in total. The molecule has 0 fully saturated rings. The molecule has 0 aliphatic heterocycles. The first-order valence-corrected chi connectivity index (χ1v) is 9.92. The zero-order chi connectivity index (χ0) is 21.7. The third kappa shape index (κ3) is 4.65. The van der Waals surface area contributed by atoms with Crippen molar-refractivity contribution >= 4 is 0 Å². The molecule has 3 rings (SSSR count).